The van der Waals surface area contributed by atoms with Crippen molar-refractivity contribution in [1.82, 2.24) is 0 Å². The van der Waals surface area contributed by atoms with E-state index in [2.05, 4.69) is 6.92 Å². The van der Waals surface area contributed by atoms with Crippen molar-refractivity contribution < 1.29 is 8.42 Å². The summed E-state index contributed by atoms with van der Waals surface area (Å²) in [6.45, 7) is 2.13. The molecule has 1 fully saturated rings. The van der Waals surface area contributed by atoms with E-state index in [1.807, 2.05) is 24.3 Å². The quantitative estimate of drug-likeness (QED) is 0.759. The molecule has 1 saturated heterocycles. The van der Waals surface area contributed by atoms with Crippen molar-refractivity contribution in [2.45, 2.75) is 25.2 Å². The molecule has 2 rings (SSSR count). The van der Waals surface area contributed by atoms with Crippen molar-refractivity contribution in [2.24, 2.45) is 0 Å². The van der Waals surface area contributed by atoms with Gasteiger partial charge in [-0.25, -0.2) is 8.42 Å². The van der Waals surface area contributed by atoms with Gasteiger partial charge in [-0.15, -0.1) is 0 Å². The van der Waals surface area contributed by atoms with Crippen LogP contribution in [0.2, 0.25) is 0 Å². The third-order valence-corrected chi connectivity index (χ3v) is 5.19. The molecule has 0 bridgehead atoms. The maximum atomic E-state index is 11.4. The fraction of sp³-hybridized carbons (Fsp3) is 0.500. The molecular formula is C12H17NO2S. The average molecular weight is 239 g/mol. The van der Waals surface area contributed by atoms with Crippen LogP contribution in [0.4, 0.5) is 5.69 Å². The fourth-order valence-electron chi connectivity index (χ4n) is 2.16. The molecule has 0 aromatic heterocycles. The van der Waals surface area contributed by atoms with Crippen molar-refractivity contribution in [1.29, 1.82) is 0 Å². The van der Waals surface area contributed by atoms with Gasteiger partial charge in [0, 0.05) is 5.69 Å². The second-order valence-electron chi connectivity index (χ2n) is 4.83. The van der Waals surface area contributed by atoms with Crippen LogP contribution < -0.4 is 5.73 Å². The number of nitrogens with two attached hydrogens (primary N) is 1. The van der Waals surface area contributed by atoms with Crippen LogP contribution in [0.15, 0.2) is 24.3 Å². The molecule has 0 atom stereocenters. The van der Waals surface area contributed by atoms with Crippen LogP contribution in [-0.4, -0.2) is 19.9 Å². The zero-order valence-corrected chi connectivity index (χ0v) is 10.3. The molecule has 1 aromatic rings. The Balaban J connectivity index is 2.24. The van der Waals surface area contributed by atoms with Crippen molar-refractivity contribution in [3.8, 4) is 0 Å². The minimum absolute atomic E-state index is 0.0149. The highest BCUT2D eigenvalue weighted by Gasteiger charge is 2.34. The first-order valence-electron chi connectivity index (χ1n) is 5.48. The van der Waals surface area contributed by atoms with Crippen molar-refractivity contribution in [3.63, 3.8) is 0 Å². The van der Waals surface area contributed by atoms with E-state index in [0.717, 1.165) is 5.69 Å². The van der Waals surface area contributed by atoms with Crippen LogP contribution in [0.25, 0.3) is 0 Å². The van der Waals surface area contributed by atoms with Gasteiger partial charge in [-0.1, -0.05) is 19.1 Å². The van der Waals surface area contributed by atoms with Crippen LogP contribution in [0, 0.1) is 0 Å². The van der Waals surface area contributed by atoms with Gasteiger partial charge in [0.15, 0.2) is 0 Å². The lowest BCUT2D eigenvalue weighted by Crippen LogP contribution is -2.34. The summed E-state index contributed by atoms with van der Waals surface area (Å²) in [5.74, 6) is 0.599. The topological polar surface area (TPSA) is 60.2 Å². The number of hydrogen-bond donors (Lipinski definition) is 1. The van der Waals surface area contributed by atoms with E-state index in [1.165, 1.54) is 5.56 Å². The van der Waals surface area contributed by atoms with E-state index in [0.29, 0.717) is 24.3 Å². The Kier molecular flexibility index (Phi) is 2.70. The Hall–Kier alpha value is -1.03. The Labute approximate surface area is 96.6 Å². The molecule has 16 heavy (non-hydrogen) atoms. The summed E-state index contributed by atoms with van der Waals surface area (Å²) >= 11 is 0. The Morgan fingerprint density at radius 3 is 2.12 bits per heavy atom. The van der Waals surface area contributed by atoms with E-state index < -0.39 is 9.84 Å². The van der Waals surface area contributed by atoms with E-state index in [9.17, 15) is 8.42 Å². The first-order chi connectivity index (χ1) is 7.41. The summed E-state index contributed by atoms with van der Waals surface area (Å²) in [5.41, 5.74) is 7.57. The number of sulfone groups is 1. The smallest absolute Gasteiger partial charge is 0.150 e. The maximum absolute atomic E-state index is 11.4. The predicted molar refractivity (Wildman–Crippen MR) is 66.1 cm³/mol. The summed E-state index contributed by atoms with van der Waals surface area (Å²) in [7, 11) is -2.79. The van der Waals surface area contributed by atoms with E-state index >= 15 is 0 Å². The number of rotatable bonds is 1. The standard InChI is InChI=1S/C12H17NO2S/c1-12(6-8-16(14,15)9-7-12)10-2-4-11(13)5-3-10/h2-5H,6-9,13H2,1H3. The number of nitrogen functional groups attached to an aromatic ring is 1. The van der Waals surface area contributed by atoms with Crippen molar-refractivity contribution in [3.05, 3.63) is 29.8 Å². The third-order valence-electron chi connectivity index (χ3n) is 3.54. The highest BCUT2D eigenvalue weighted by Crippen LogP contribution is 2.36. The van der Waals surface area contributed by atoms with Gasteiger partial charge < -0.3 is 5.73 Å². The highest BCUT2D eigenvalue weighted by molar-refractivity contribution is 7.91. The molecule has 0 spiro atoms. The maximum Gasteiger partial charge on any atom is 0.150 e. The summed E-state index contributed by atoms with van der Waals surface area (Å²) in [6.07, 6.45) is 1.42. The van der Waals surface area contributed by atoms with Gasteiger partial charge in [0.25, 0.3) is 0 Å². The van der Waals surface area contributed by atoms with Crippen molar-refractivity contribution >= 4 is 15.5 Å². The average Bonchev–Trinajstić information content (AvgIpc) is 2.24. The number of benzene rings is 1. The van der Waals surface area contributed by atoms with Gasteiger partial charge in [-0.2, -0.15) is 0 Å². The van der Waals surface area contributed by atoms with Crippen LogP contribution in [0.5, 0.6) is 0 Å². The van der Waals surface area contributed by atoms with Crippen LogP contribution in [0.3, 0.4) is 0 Å². The lowest BCUT2D eigenvalue weighted by atomic mass is 9.77. The van der Waals surface area contributed by atoms with Crippen LogP contribution in [0.1, 0.15) is 25.3 Å². The molecule has 1 aromatic carbocycles. The van der Waals surface area contributed by atoms with Gasteiger partial charge in [0.1, 0.15) is 9.84 Å². The number of hydrogen-bond acceptors (Lipinski definition) is 3. The summed E-state index contributed by atoms with van der Waals surface area (Å²) in [5, 5.41) is 0. The van der Waals surface area contributed by atoms with Crippen LogP contribution >= 0.6 is 0 Å². The lowest BCUT2D eigenvalue weighted by Gasteiger charge is -2.34. The summed E-state index contributed by atoms with van der Waals surface area (Å²) < 4.78 is 22.8. The molecule has 3 nitrogen and oxygen atoms in total. The molecule has 4 heteroatoms. The zero-order valence-electron chi connectivity index (χ0n) is 9.44. The molecule has 0 radical (unpaired) electrons. The minimum Gasteiger partial charge on any atom is -0.399 e. The molecule has 0 unspecified atom stereocenters. The van der Waals surface area contributed by atoms with Crippen molar-refractivity contribution in [2.75, 3.05) is 17.2 Å². The summed E-state index contributed by atoms with van der Waals surface area (Å²) in [4.78, 5) is 0. The minimum atomic E-state index is -2.79. The van der Waals surface area contributed by atoms with Gasteiger partial charge >= 0.3 is 0 Å². The Morgan fingerprint density at radius 2 is 1.62 bits per heavy atom. The fourth-order valence-corrected chi connectivity index (χ4v) is 3.89. The molecular weight excluding hydrogens is 222 g/mol. The van der Waals surface area contributed by atoms with Gasteiger partial charge in [0.05, 0.1) is 11.5 Å². The van der Waals surface area contributed by atoms with E-state index in [1.54, 1.807) is 0 Å². The van der Waals surface area contributed by atoms with Gasteiger partial charge in [-0.05, 0) is 36.0 Å². The Morgan fingerprint density at radius 1 is 1.12 bits per heavy atom. The molecule has 1 heterocycles. The van der Waals surface area contributed by atoms with E-state index in [-0.39, 0.29) is 5.41 Å². The molecule has 1 aliphatic rings. The molecule has 1 aliphatic heterocycles. The SMILES string of the molecule is CC1(c2ccc(N)cc2)CCS(=O)(=O)CC1. The number of anilines is 1. The van der Waals surface area contributed by atoms with E-state index in [4.69, 9.17) is 5.73 Å². The highest BCUT2D eigenvalue weighted by atomic mass is 32.2. The van der Waals surface area contributed by atoms with Gasteiger partial charge in [-0.3, -0.25) is 0 Å². The first kappa shape index (κ1) is 11.5. The lowest BCUT2D eigenvalue weighted by molar-refractivity contribution is 0.419. The molecule has 88 valence electrons. The predicted octanol–water partition coefficient (Wildman–Crippen LogP) is 1.74. The summed E-state index contributed by atoms with van der Waals surface area (Å²) in [6, 6.07) is 7.77. The first-order valence-corrected chi connectivity index (χ1v) is 7.30. The van der Waals surface area contributed by atoms with Gasteiger partial charge in [0.2, 0.25) is 0 Å². The molecule has 0 amide bonds. The zero-order chi connectivity index (χ0) is 11.8. The second kappa shape index (κ2) is 3.77. The Bertz CT molecular complexity index is 462. The molecule has 2 N–H and O–H groups in total. The third kappa shape index (κ3) is 2.21. The molecule has 0 saturated carbocycles. The second-order valence-corrected chi connectivity index (χ2v) is 7.14. The normalized spacial score (nSPS) is 22.8. The molecule has 0 aliphatic carbocycles. The largest absolute Gasteiger partial charge is 0.399 e. The van der Waals surface area contributed by atoms with Crippen LogP contribution in [-0.2, 0) is 15.3 Å². The monoisotopic (exact) mass is 239 g/mol.